The van der Waals surface area contributed by atoms with Crippen LogP contribution in [0.1, 0.15) is 32.3 Å². The van der Waals surface area contributed by atoms with Gasteiger partial charge in [-0.2, -0.15) is 0 Å². The van der Waals surface area contributed by atoms with Crippen molar-refractivity contribution in [2.24, 2.45) is 5.73 Å². The Morgan fingerprint density at radius 1 is 1.40 bits per heavy atom. The maximum atomic E-state index is 12.2. The summed E-state index contributed by atoms with van der Waals surface area (Å²) in [5, 5.41) is 3.06. The number of nitrogens with two attached hydrogens (primary N) is 1. The van der Waals surface area contributed by atoms with Crippen molar-refractivity contribution in [1.82, 2.24) is 5.32 Å². The summed E-state index contributed by atoms with van der Waals surface area (Å²) >= 11 is 3.41. The number of nitrogens with one attached hydrogen (secondary N) is 1. The molecule has 0 fully saturated rings. The highest BCUT2D eigenvalue weighted by Gasteiger charge is 2.26. The van der Waals surface area contributed by atoms with Crippen LogP contribution in [0.5, 0.6) is 5.75 Å². The molecule has 1 aromatic carbocycles. The summed E-state index contributed by atoms with van der Waals surface area (Å²) in [6.45, 7) is 4.52. The number of hydrogen-bond acceptors (Lipinski definition) is 3. The second kappa shape index (κ2) is 7.64. The number of carbonyl (C=O) groups is 1. The molecule has 0 saturated heterocycles. The highest BCUT2D eigenvalue weighted by molar-refractivity contribution is 9.10. The lowest BCUT2D eigenvalue weighted by Crippen LogP contribution is -2.53. The van der Waals surface area contributed by atoms with E-state index in [4.69, 9.17) is 10.5 Å². The Labute approximate surface area is 129 Å². The van der Waals surface area contributed by atoms with Crippen LogP contribution in [0.3, 0.4) is 0 Å². The van der Waals surface area contributed by atoms with Crippen molar-refractivity contribution in [1.29, 1.82) is 0 Å². The molecule has 0 aliphatic carbocycles. The Bertz CT molecular complexity index is 451. The van der Waals surface area contributed by atoms with E-state index in [0.717, 1.165) is 28.6 Å². The average molecular weight is 343 g/mol. The number of amides is 1. The van der Waals surface area contributed by atoms with Crippen LogP contribution in [0.4, 0.5) is 0 Å². The van der Waals surface area contributed by atoms with Crippen LogP contribution in [0, 0.1) is 0 Å². The van der Waals surface area contributed by atoms with Crippen molar-refractivity contribution in [2.45, 2.75) is 38.6 Å². The van der Waals surface area contributed by atoms with Crippen LogP contribution in [0.2, 0.25) is 0 Å². The van der Waals surface area contributed by atoms with Gasteiger partial charge in [-0.05, 0) is 31.0 Å². The largest absolute Gasteiger partial charge is 0.496 e. The van der Waals surface area contributed by atoms with Gasteiger partial charge in [-0.25, -0.2) is 0 Å². The highest BCUT2D eigenvalue weighted by Crippen LogP contribution is 2.24. The maximum absolute atomic E-state index is 12.2. The Kier molecular flexibility index (Phi) is 6.49. The van der Waals surface area contributed by atoms with E-state index >= 15 is 0 Å². The molecular weight excluding hydrogens is 320 g/mol. The average Bonchev–Trinajstić information content (AvgIpc) is 2.45. The minimum absolute atomic E-state index is 0.0319. The van der Waals surface area contributed by atoms with Gasteiger partial charge in [0.2, 0.25) is 5.91 Å². The number of ether oxygens (including phenoxy) is 1. The highest BCUT2D eigenvalue weighted by atomic mass is 79.9. The summed E-state index contributed by atoms with van der Waals surface area (Å²) in [4.78, 5) is 12.2. The normalized spacial score (nSPS) is 11.2. The van der Waals surface area contributed by atoms with Crippen molar-refractivity contribution in [3.8, 4) is 5.75 Å². The van der Waals surface area contributed by atoms with Gasteiger partial charge in [-0.1, -0.05) is 29.8 Å². The fourth-order valence-corrected chi connectivity index (χ4v) is 2.57. The molecule has 4 nitrogen and oxygen atoms in total. The SMILES string of the molecule is CCC(CC)(CN)NC(=O)Cc1cc(Br)ccc1OC. The van der Waals surface area contributed by atoms with Gasteiger partial charge < -0.3 is 15.8 Å². The number of hydrogen-bond donors (Lipinski definition) is 2. The number of methoxy groups -OCH3 is 1. The third-order valence-electron chi connectivity index (χ3n) is 3.74. The lowest BCUT2D eigenvalue weighted by Gasteiger charge is -2.31. The van der Waals surface area contributed by atoms with Crippen molar-refractivity contribution in [2.75, 3.05) is 13.7 Å². The zero-order valence-electron chi connectivity index (χ0n) is 12.3. The number of rotatable bonds is 7. The second-order valence-corrected chi connectivity index (χ2v) is 5.79. The molecule has 0 atom stereocenters. The molecule has 1 aromatic rings. The molecule has 0 aliphatic heterocycles. The third kappa shape index (κ3) is 4.21. The molecule has 0 aromatic heterocycles. The minimum Gasteiger partial charge on any atom is -0.496 e. The molecule has 1 amide bonds. The van der Waals surface area contributed by atoms with E-state index in [0.29, 0.717) is 6.54 Å². The molecule has 0 saturated carbocycles. The summed E-state index contributed by atoms with van der Waals surface area (Å²) in [7, 11) is 1.60. The standard InChI is InChI=1S/C15H23BrN2O2/c1-4-15(5-2,10-17)18-14(19)9-11-8-12(16)6-7-13(11)20-3/h6-8H,4-5,9-10,17H2,1-3H3,(H,18,19). The molecule has 3 N–H and O–H groups in total. The first-order chi connectivity index (χ1) is 9.50. The molecule has 0 heterocycles. The van der Waals surface area contributed by atoms with E-state index in [1.165, 1.54) is 0 Å². The molecule has 0 bridgehead atoms. The summed E-state index contributed by atoms with van der Waals surface area (Å²) in [5.41, 5.74) is 6.35. The van der Waals surface area contributed by atoms with E-state index in [1.54, 1.807) is 7.11 Å². The van der Waals surface area contributed by atoms with Gasteiger partial charge in [0.05, 0.1) is 19.1 Å². The van der Waals surface area contributed by atoms with Gasteiger partial charge in [0.15, 0.2) is 0 Å². The van der Waals surface area contributed by atoms with Gasteiger partial charge in [0.25, 0.3) is 0 Å². The summed E-state index contributed by atoms with van der Waals surface area (Å²) in [6, 6.07) is 5.64. The van der Waals surface area contributed by atoms with E-state index in [9.17, 15) is 4.79 Å². The predicted octanol–water partition coefficient (Wildman–Crippen LogP) is 2.63. The van der Waals surface area contributed by atoms with Gasteiger partial charge in [0.1, 0.15) is 5.75 Å². The lowest BCUT2D eigenvalue weighted by atomic mass is 9.92. The van der Waals surface area contributed by atoms with Crippen LogP contribution < -0.4 is 15.8 Å². The van der Waals surface area contributed by atoms with Crippen LogP contribution in [-0.2, 0) is 11.2 Å². The van der Waals surface area contributed by atoms with Crippen LogP contribution in [0.25, 0.3) is 0 Å². The van der Waals surface area contributed by atoms with Gasteiger partial charge >= 0.3 is 0 Å². The number of carbonyl (C=O) groups excluding carboxylic acids is 1. The zero-order valence-corrected chi connectivity index (χ0v) is 13.9. The van der Waals surface area contributed by atoms with Gasteiger partial charge in [-0.15, -0.1) is 0 Å². The van der Waals surface area contributed by atoms with Crippen molar-refractivity contribution < 1.29 is 9.53 Å². The van der Waals surface area contributed by atoms with Crippen molar-refractivity contribution in [3.63, 3.8) is 0 Å². The van der Waals surface area contributed by atoms with E-state index in [1.807, 2.05) is 32.0 Å². The molecule has 5 heteroatoms. The van der Waals surface area contributed by atoms with Gasteiger partial charge in [-0.3, -0.25) is 4.79 Å². The van der Waals surface area contributed by atoms with E-state index < -0.39 is 0 Å². The molecular formula is C15H23BrN2O2. The Balaban J connectivity index is 2.83. The summed E-state index contributed by atoms with van der Waals surface area (Å²) in [6.07, 6.45) is 1.92. The number of halogens is 1. The Hall–Kier alpha value is -1.07. The predicted molar refractivity (Wildman–Crippen MR) is 84.9 cm³/mol. The lowest BCUT2D eigenvalue weighted by molar-refractivity contribution is -0.122. The molecule has 1 rings (SSSR count). The van der Waals surface area contributed by atoms with Crippen LogP contribution in [0.15, 0.2) is 22.7 Å². The maximum Gasteiger partial charge on any atom is 0.225 e. The summed E-state index contributed by atoms with van der Waals surface area (Å²) in [5.74, 6) is 0.685. The van der Waals surface area contributed by atoms with Crippen molar-refractivity contribution in [3.05, 3.63) is 28.2 Å². The molecule has 0 radical (unpaired) electrons. The fraction of sp³-hybridized carbons (Fsp3) is 0.533. The molecule has 112 valence electrons. The molecule has 0 unspecified atom stereocenters. The summed E-state index contributed by atoms with van der Waals surface area (Å²) < 4.78 is 6.21. The van der Waals surface area contributed by atoms with E-state index in [2.05, 4.69) is 21.2 Å². The molecule has 20 heavy (non-hydrogen) atoms. The molecule has 0 spiro atoms. The molecule has 0 aliphatic rings. The van der Waals surface area contributed by atoms with Crippen LogP contribution >= 0.6 is 15.9 Å². The minimum atomic E-state index is -0.309. The first kappa shape index (κ1) is 17.0. The quantitative estimate of drug-likeness (QED) is 0.800. The second-order valence-electron chi connectivity index (χ2n) is 4.87. The third-order valence-corrected chi connectivity index (χ3v) is 4.24. The fourth-order valence-electron chi connectivity index (χ4n) is 2.16. The van der Waals surface area contributed by atoms with E-state index in [-0.39, 0.29) is 17.9 Å². The zero-order chi connectivity index (χ0) is 15.2. The smallest absolute Gasteiger partial charge is 0.225 e. The van der Waals surface area contributed by atoms with Crippen LogP contribution in [-0.4, -0.2) is 25.1 Å². The monoisotopic (exact) mass is 342 g/mol. The van der Waals surface area contributed by atoms with Crippen molar-refractivity contribution >= 4 is 21.8 Å². The Morgan fingerprint density at radius 2 is 2.05 bits per heavy atom. The van der Waals surface area contributed by atoms with Gasteiger partial charge in [0, 0.05) is 16.6 Å². The Morgan fingerprint density at radius 3 is 2.55 bits per heavy atom. The first-order valence-corrected chi connectivity index (χ1v) is 7.63. The topological polar surface area (TPSA) is 64.3 Å². The number of benzene rings is 1. The first-order valence-electron chi connectivity index (χ1n) is 6.83.